The third-order valence-corrected chi connectivity index (χ3v) is 5.18. The number of amides is 2. The van der Waals surface area contributed by atoms with Gasteiger partial charge in [0.1, 0.15) is 5.00 Å². The highest BCUT2D eigenvalue weighted by Crippen LogP contribution is 2.38. The lowest BCUT2D eigenvalue weighted by molar-refractivity contribution is -0.133. The van der Waals surface area contributed by atoms with Gasteiger partial charge in [-0.25, -0.2) is 4.79 Å². The van der Waals surface area contributed by atoms with Crippen molar-refractivity contribution in [3.63, 3.8) is 0 Å². The summed E-state index contributed by atoms with van der Waals surface area (Å²) in [5.74, 6) is -1.21. The molecule has 2 amide bonds. The lowest BCUT2D eigenvalue weighted by Gasteiger charge is -2.16. The fourth-order valence-corrected chi connectivity index (χ4v) is 4.01. The van der Waals surface area contributed by atoms with Crippen LogP contribution in [0.2, 0.25) is 0 Å². The lowest BCUT2D eigenvalue weighted by atomic mass is 9.95. The first kappa shape index (κ1) is 18.9. The fraction of sp³-hybridized carbons (Fsp3) is 0.529. The molecule has 25 heavy (non-hydrogen) atoms. The van der Waals surface area contributed by atoms with Crippen molar-refractivity contribution in [2.24, 2.45) is 0 Å². The number of hydrogen-bond acceptors (Lipinski definition) is 6. The quantitative estimate of drug-likeness (QED) is 0.780. The number of likely N-dealkylation sites (N-methyl/N-ethyl adjacent to an activating group) is 1. The summed E-state index contributed by atoms with van der Waals surface area (Å²) in [6.45, 7) is 1.30. The number of carbonyl (C=O) groups is 3. The summed E-state index contributed by atoms with van der Waals surface area (Å²) >= 11 is 1.41. The third-order valence-electron chi connectivity index (χ3n) is 3.98. The molecule has 0 fully saturated rings. The Morgan fingerprint density at radius 1 is 1.32 bits per heavy atom. The van der Waals surface area contributed by atoms with Gasteiger partial charge in [0.15, 0.2) is 6.61 Å². The van der Waals surface area contributed by atoms with Crippen LogP contribution in [0.3, 0.4) is 0 Å². The Labute approximate surface area is 150 Å². The van der Waals surface area contributed by atoms with Crippen LogP contribution in [0.15, 0.2) is 0 Å². The van der Waals surface area contributed by atoms with E-state index in [1.807, 2.05) is 6.07 Å². The second kappa shape index (κ2) is 8.62. The molecule has 2 rings (SSSR count). The molecule has 8 heteroatoms. The minimum atomic E-state index is -0.592. The topological polar surface area (TPSA) is 99.5 Å². The van der Waals surface area contributed by atoms with Gasteiger partial charge in [0, 0.05) is 25.4 Å². The average Bonchev–Trinajstić information content (AvgIpc) is 2.94. The van der Waals surface area contributed by atoms with Crippen molar-refractivity contribution in [1.82, 2.24) is 4.90 Å². The van der Waals surface area contributed by atoms with E-state index < -0.39 is 5.97 Å². The Morgan fingerprint density at radius 3 is 2.72 bits per heavy atom. The number of carbonyl (C=O) groups excluding carboxylic acids is 3. The van der Waals surface area contributed by atoms with Crippen molar-refractivity contribution in [2.75, 3.05) is 25.5 Å². The predicted octanol–water partition coefficient (Wildman–Crippen LogP) is 2.11. The molecular weight excluding hydrogens is 342 g/mol. The van der Waals surface area contributed by atoms with Gasteiger partial charge in [0.05, 0.1) is 18.1 Å². The SMILES string of the molecule is CC(=O)Nc1sc2c(c1C(=O)OCC(=O)N(C)CCC#N)CCCC2. The van der Waals surface area contributed by atoms with Crippen molar-refractivity contribution in [2.45, 2.75) is 39.0 Å². The Kier molecular flexibility index (Phi) is 6.53. The second-order valence-corrected chi connectivity index (χ2v) is 7.00. The van der Waals surface area contributed by atoms with E-state index in [0.29, 0.717) is 10.6 Å². The molecule has 0 radical (unpaired) electrons. The van der Waals surface area contributed by atoms with Gasteiger partial charge in [0.2, 0.25) is 5.91 Å². The minimum absolute atomic E-state index is 0.223. The molecule has 1 heterocycles. The lowest BCUT2D eigenvalue weighted by Crippen LogP contribution is -2.32. The number of anilines is 1. The van der Waals surface area contributed by atoms with E-state index >= 15 is 0 Å². The van der Waals surface area contributed by atoms with E-state index in [0.717, 1.165) is 36.1 Å². The number of nitrogens with zero attached hydrogens (tertiary/aromatic N) is 2. The Bertz CT molecular complexity index is 720. The van der Waals surface area contributed by atoms with Crippen LogP contribution >= 0.6 is 11.3 Å². The Hall–Kier alpha value is -2.40. The molecule has 1 aromatic rings. The molecule has 1 aliphatic carbocycles. The van der Waals surface area contributed by atoms with Gasteiger partial charge >= 0.3 is 5.97 Å². The molecule has 0 saturated carbocycles. The van der Waals surface area contributed by atoms with Crippen molar-refractivity contribution in [3.05, 3.63) is 16.0 Å². The van der Waals surface area contributed by atoms with Crippen molar-refractivity contribution < 1.29 is 19.1 Å². The van der Waals surface area contributed by atoms with Crippen LogP contribution in [-0.4, -0.2) is 42.9 Å². The molecule has 7 nitrogen and oxygen atoms in total. The number of thiophene rings is 1. The van der Waals surface area contributed by atoms with Gasteiger partial charge in [0.25, 0.3) is 5.91 Å². The van der Waals surface area contributed by atoms with Crippen LogP contribution in [0.4, 0.5) is 5.00 Å². The number of esters is 1. The molecule has 0 atom stereocenters. The van der Waals surface area contributed by atoms with Crippen LogP contribution in [0.5, 0.6) is 0 Å². The molecule has 1 aliphatic rings. The van der Waals surface area contributed by atoms with E-state index in [1.165, 1.54) is 23.2 Å². The number of ether oxygens (including phenoxy) is 1. The first-order valence-electron chi connectivity index (χ1n) is 8.14. The fourth-order valence-electron chi connectivity index (χ4n) is 2.68. The summed E-state index contributed by atoms with van der Waals surface area (Å²) in [5.41, 5.74) is 1.30. The minimum Gasteiger partial charge on any atom is -0.452 e. The van der Waals surface area contributed by atoms with E-state index in [9.17, 15) is 14.4 Å². The largest absolute Gasteiger partial charge is 0.452 e. The molecule has 0 bridgehead atoms. The summed E-state index contributed by atoms with van der Waals surface area (Å²) in [5, 5.41) is 11.7. The Morgan fingerprint density at radius 2 is 2.04 bits per heavy atom. The number of aryl methyl sites for hydroxylation is 1. The molecule has 0 unspecified atom stereocenters. The van der Waals surface area contributed by atoms with E-state index in [2.05, 4.69) is 5.32 Å². The van der Waals surface area contributed by atoms with Crippen molar-refractivity contribution >= 4 is 34.1 Å². The number of hydrogen-bond donors (Lipinski definition) is 1. The van der Waals surface area contributed by atoms with Gasteiger partial charge in [-0.3, -0.25) is 9.59 Å². The molecule has 0 aliphatic heterocycles. The summed E-state index contributed by atoms with van der Waals surface area (Å²) in [6, 6.07) is 1.96. The third kappa shape index (κ3) is 4.79. The van der Waals surface area contributed by atoms with Crippen LogP contribution in [-0.2, 0) is 27.2 Å². The average molecular weight is 363 g/mol. The van der Waals surface area contributed by atoms with Crippen LogP contribution in [0.25, 0.3) is 0 Å². The predicted molar refractivity (Wildman–Crippen MR) is 93.4 cm³/mol. The highest BCUT2D eigenvalue weighted by atomic mass is 32.1. The summed E-state index contributed by atoms with van der Waals surface area (Å²) in [6.07, 6.45) is 3.92. The smallest absolute Gasteiger partial charge is 0.341 e. The standard InChI is InChI=1S/C17H21N3O4S/c1-11(21)19-16-15(12-6-3-4-7-13(12)25-16)17(23)24-10-14(22)20(2)9-5-8-18/h3-7,9-10H2,1-2H3,(H,19,21). The summed E-state index contributed by atoms with van der Waals surface area (Å²) < 4.78 is 5.18. The number of nitriles is 1. The molecule has 134 valence electrons. The van der Waals surface area contributed by atoms with Gasteiger partial charge < -0.3 is 15.0 Å². The number of rotatable bonds is 6. The van der Waals surface area contributed by atoms with Crippen LogP contribution in [0, 0.1) is 11.3 Å². The second-order valence-electron chi connectivity index (χ2n) is 5.90. The van der Waals surface area contributed by atoms with Crippen molar-refractivity contribution in [1.29, 1.82) is 5.26 Å². The summed E-state index contributed by atoms with van der Waals surface area (Å²) in [4.78, 5) is 38.3. The normalized spacial score (nSPS) is 12.7. The number of nitrogens with one attached hydrogen (secondary N) is 1. The van der Waals surface area contributed by atoms with E-state index in [1.54, 1.807) is 7.05 Å². The monoisotopic (exact) mass is 363 g/mol. The molecule has 1 N–H and O–H groups in total. The van der Waals surface area contributed by atoms with Crippen molar-refractivity contribution in [3.8, 4) is 6.07 Å². The van der Waals surface area contributed by atoms with Gasteiger partial charge in [-0.15, -0.1) is 11.3 Å². The number of fused-ring (bicyclic) bond motifs is 1. The highest BCUT2D eigenvalue weighted by Gasteiger charge is 2.27. The van der Waals surface area contributed by atoms with Crippen LogP contribution in [0.1, 0.15) is 47.0 Å². The maximum Gasteiger partial charge on any atom is 0.341 e. The van der Waals surface area contributed by atoms with Gasteiger partial charge in [-0.05, 0) is 31.2 Å². The molecule has 0 saturated heterocycles. The first-order valence-corrected chi connectivity index (χ1v) is 8.95. The highest BCUT2D eigenvalue weighted by molar-refractivity contribution is 7.17. The maximum atomic E-state index is 12.5. The zero-order valence-electron chi connectivity index (χ0n) is 14.4. The molecule has 0 aromatic carbocycles. The first-order chi connectivity index (χ1) is 11.9. The van der Waals surface area contributed by atoms with Crippen LogP contribution < -0.4 is 5.32 Å². The zero-order chi connectivity index (χ0) is 18.4. The zero-order valence-corrected chi connectivity index (χ0v) is 15.2. The maximum absolute atomic E-state index is 12.5. The molecular formula is C17H21N3O4S. The molecule has 1 aromatic heterocycles. The van der Waals surface area contributed by atoms with Gasteiger partial charge in [-0.1, -0.05) is 0 Å². The molecule has 0 spiro atoms. The van der Waals surface area contributed by atoms with E-state index in [-0.39, 0.29) is 31.4 Å². The van der Waals surface area contributed by atoms with Gasteiger partial charge in [-0.2, -0.15) is 5.26 Å². The summed E-state index contributed by atoms with van der Waals surface area (Å²) in [7, 11) is 1.56. The van der Waals surface area contributed by atoms with E-state index in [4.69, 9.17) is 10.00 Å². The Balaban J connectivity index is 2.10.